The van der Waals surface area contributed by atoms with Gasteiger partial charge in [-0.3, -0.25) is 9.89 Å². The summed E-state index contributed by atoms with van der Waals surface area (Å²) in [4.78, 5) is 6.44. The van der Waals surface area contributed by atoms with Crippen molar-refractivity contribution >= 4 is 27.6 Å². The van der Waals surface area contributed by atoms with Crippen LogP contribution in [0.3, 0.4) is 0 Å². The number of aliphatic imine (C=N–C) groups is 1. The van der Waals surface area contributed by atoms with Gasteiger partial charge in [0.15, 0.2) is 5.96 Å². The predicted octanol–water partition coefficient (Wildman–Crippen LogP) is 3.33. The molecule has 4 nitrogen and oxygen atoms in total. The summed E-state index contributed by atoms with van der Waals surface area (Å²) in [6, 6.07) is 16.1. The highest BCUT2D eigenvalue weighted by Gasteiger charge is 2.31. The van der Waals surface area contributed by atoms with Gasteiger partial charge >= 0.3 is 0 Å². The fraction of sp³-hybridized carbons (Fsp3) is 0.188. The van der Waals surface area contributed by atoms with Crippen molar-refractivity contribution in [3.05, 3.63) is 58.6 Å². The number of anilines is 1. The molecule has 1 aliphatic rings. The number of hydrogen-bond acceptors (Lipinski definition) is 4. The molecule has 0 fully saturated rings. The Morgan fingerprint density at radius 3 is 2.67 bits per heavy atom. The van der Waals surface area contributed by atoms with E-state index in [0.29, 0.717) is 12.5 Å². The van der Waals surface area contributed by atoms with Crippen LogP contribution in [0.1, 0.15) is 11.6 Å². The molecule has 0 amide bonds. The third-order valence-corrected chi connectivity index (χ3v) is 4.32. The van der Waals surface area contributed by atoms with E-state index in [0.717, 1.165) is 21.5 Å². The van der Waals surface area contributed by atoms with Crippen molar-refractivity contribution < 1.29 is 4.74 Å². The lowest BCUT2D eigenvalue weighted by molar-refractivity contribution is 0.415. The third-order valence-electron chi connectivity index (χ3n) is 3.59. The van der Waals surface area contributed by atoms with Crippen LogP contribution in [0.4, 0.5) is 5.69 Å². The van der Waals surface area contributed by atoms with E-state index in [-0.39, 0.29) is 6.04 Å². The molecule has 2 aromatic rings. The number of methoxy groups -OCH3 is 1. The van der Waals surface area contributed by atoms with Crippen LogP contribution < -0.4 is 15.4 Å². The summed E-state index contributed by atoms with van der Waals surface area (Å²) < 4.78 is 6.51. The number of rotatable bonds is 3. The second-order valence-electron chi connectivity index (χ2n) is 4.78. The van der Waals surface area contributed by atoms with E-state index < -0.39 is 0 Å². The molecule has 108 valence electrons. The van der Waals surface area contributed by atoms with Crippen molar-refractivity contribution in [2.45, 2.75) is 6.04 Å². The van der Waals surface area contributed by atoms with Gasteiger partial charge in [0, 0.05) is 4.47 Å². The summed E-state index contributed by atoms with van der Waals surface area (Å²) >= 11 is 3.61. The van der Waals surface area contributed by atoms with E-state index in [9.17, 15) is 0 Å². The minimum atomic E-state index is 0.0666. The SMILES string of the molecule is COc1ccccc1N1C(N)=NCC1c1ccccc1Br. The monoisotopic (exact) mass is 345 g/mol. The molecule has 1 atom stereocenters. The molecule has 5 heteroatoms. The van der Waals surface area contributed by atoms with E-state index in [1.165, 1.54) is 0 Å². The first kappa shape index (κ1) is 13.9. The fourth-order valence-corrected chi connectivity index (χ4v) is 3.15. The Hall–Kier alpha value is -2.01. The maximum atomic E-state index is 6.12. The average molecular weight is 346 g/mol. The fourth-order valence-electron chi connectivity index (χ4n) is 2.60. The number of para-hydroxylation sites is 2. The van der Waals surface area contributed by atoms with Crippen molar-refractivity contribution in [3.8, 4) is 5.75 Å². The summed E-state index contributed by atoms with van der Waals surface area (Å²) in [5.74, 6) is 1.30. The molecule has 0 radical (unpaired) electrons. The van der Waals surface area contributed by atoms with Gasteiger partial charge in [-0.25, -0.2) is 0 Å². The van der Waals surface area contributed by atoms with Gasteiger partial charge < -0.3 is 10.5 Å². The highest BCUT2D eigenvalue weighted by molar-refractivity contribution is 9.10. The quantitative estimate of drug-likeness (QED) is 0.928. The maximum Gasteiger partial charge on any atom is 0.196 e. The molecule has 0 bridgehead atoms. The zero-order valence-corrected chi connectivity index (χ0v) is 13.2. The van der Waals surface area contributed by atoms with Crippen LogP contribution in [0.2, 0.25) is 0 Å². The largest absolute Gasteiger partial charge is 0.495 e. The molecule has 0 spiro atoms. The molecule has 0 aromatic heterocycles. The lowest BCUT2D eigenvalue weighted by Crippen LogP contribution is -2.36. The minimum absolute atomic E-state index is 0.0666. The minimum Gasteiger partial charge on any atom is -0.495 e. The van der Waals surface area contributed by atoms with Crippen molar-refractivity contribution in [2.24, 2.45) is 10.7 Å². The van der Waals surface area contributed by atoms with Crippen LogP contribution in [0.25, 0.3) is 0 Å². The topological polar surface area (TPSA) is 50.9 Å². The average Bonchev–Trinajstić information content (AvgIpc) is 2.89. The van der Waals surface area contributed by atoms with E-state index in [1.54, 1.807) is 7.11 Å². The van der Waals surface area contributed by atoms with Gasteiger partial charge in [0.2, 0.25) is 0 Å². The van der Waals surface area contributed by atoms with Crippen LogP contribution >= 0.6 is 15.9 Å². The Labute approximate surface area is 132 Å². The first-order valence-electron chi connectivity index (χ1n) is 6.69. The lowest BCUT2D eigenvalue weighted by Gasteiger charge is -2.28. The maximum absolute atomic E-state index is 6.12. The van der Waals surface area contributed by atoms with Crippen LogP contribution in [0, 0.1) is 0 Å². The van der Waals surface area contributed by atoms with Gasteiger partial charge in [-0.1, -0.05) is 46.3 Å². The number of ether oxygens (including phenoxy) is 1. The van der Waals surface area contributed by atoms with Crippen molar-refractivity contribution in [1.29, 1.82) is 0 Å². The van der Waals surface area contributed by atoms with Crippen molar-refractivity contribution in [3.63, 3.8) is 0 Å². The zero-order valence-electron chi connectivity index (χ0n) is 11.7. The van der Waals surface area contributed by atoms with Crippen molar-refractivity contribution in [2.75, 3.05) is 18.6 Å². The molecular weight excluding hydrogens is 330 g/mol. The van der Waals surface area contributed by atoms with E-state index in [4.69, 9.17) is 10.5 Å². The number of benzene rings is 2. The molecule has 1 unspecified atom stereocenters. The van der Waals surface area contributed by atoms with Gasteiger partial charge in [0.1, 0.15) is 5.75 Å². The molecule has 0 saturated heterocycles. The number of guanidine groups is 1. The summed E-state index contributed by atoms with van der Waals surface area (Å²) in [6.45, 7) is 0.631. The molecule has 21 heavy (non-hydrogen) atoms. The van der Waals surface area contributed by atoms with E-state index in [2.05, 4.69) is 27.0 Å². The molecular formula is C16H16BrN3O. The Bertz CT molecular complexity index is 687. The zero-order chi connectivity index (χ0) is 14.8. The molecule has 2 aromatic carbocycles. The molecule has 0 saturated carbocycles. The van der Waals surface area contributed by atoms with Gasteiger partial charge in [0.05, 0.1) is 25.4 Å². The van der Waals surface area contributed by atoms with Crippen molar-refractivity contribution in [1.82, 2.24) is 0 Å². The van der Waals surface area contributed by atoms with Crippen LogP contribution in [-0.4, -0.2) is 19.6 Å². The summed E-state index contributed by atoms with van der Waals surface area (Å²) in [6.07, 6.45) is 0. The van der Waals surface area contributed by atoms with Gasteiger partial charge in [-0.15, -0.1) is 0 Å². The smallest absolute Gasteiger partial charge is 0.196 e. The second kappa shape index (κ2) is 5.77. The Morgan fingerprint density at radius 1 is 1.19 bits per heavy atom. The number of hydrogen-bond donors (Lipinski definition) is 1. The lowest BCUT2D eigenvalue weighted by atomic mass is 10.1. The highest BCUT2D eigenvalue weighted by atomic mass is 79.9. The highest BCUT2D eigenvalue weighted by Crippen LogP contribution is 2.38. The standard InChI is InChI=1S/C16H16BrN3O/c1-21-15-9-5-4-8-13(15)20-14(10-19-16(20)18)11-6-2-3-7-12(11)17/h2-9,14H,10H2,1H3,(H2,18,19). The molecule has 0 aliphatic carbocycles. The summed E-state index contributed by atoms with van der Waals surface area (Å²) in [5.41, 5.74) is 8.21. The predicted molar refractivity (Wildman–Crippen MR) is 88.8 cm³/mol. The number of nitrogens with two attached hydrogens (primary N) is 1. The third kappa shape index (κ3) is 2.49. The Kier molecular flexibility index (Phi) is 3.84. The van der Waals surface area contributed by atoms with Gasteiger partial charge in [-0.05, 0) is 23.8 Å². The molecule has 1 aliphatic heterocycles. The molecule has 1 heterocycles. The Balaban J connectivity index is 2.06. The van der Waals surface area contributed by atoms with Gasteiger partial charge in [0.25, 0.3) is 0 Å². The first-order chi connectivity index (χ1) is 10.2. The normalized spacial score (nSPS) is 17.7. The number of nitrogens with zero attached hydrogens (tertiary/aromatic N) is 2. The van der Waals surface area contributed by atoms with Crippen LogP contribution in [0.5, 0.6) is 5.75 Å². The summed E-state index contributed by atoms with van der Waals surface area (Å²) in [7, 11) is 1.66. The molecule has 3 rings (SSSR count). The van der Waals surface area contributed by atoms with Crippen LogP contribution in [0.15, 0.2) is 58.0 Å². The van der Waals surface area contributed by atoms with E-state index in [1.807, 2.05) is 47.4 Å². The molecule has 2 N–H and O–H groups in total. The summed E-state index contributed by atoms with van der Waals surface area (Å²) in [5, 5.41) is 0. The second-order valence-corrected chi connectivity index (χ2v) is 5.63. The first-order valence-corrected chi connectivity index (χ1v) is 7.48. The van der Waals surface area contributed by atoms with Gasteiger partial charge in [-0.2, -0.15) is 0 Å². The Morgan fingerprint density at radius 2 is 1.90 bits per heavy atom. The van der Waals surface area contributed by atoms with E-state index >= 15 is 0 Å². The number of halogens is 1. The van der Waals surface area contributed by atoms with Crippen LogP contribution in [-0.2, 0) is 0 Å².